The van der Waals surface area contributed by atoms with E-state index in [4.69, 9.17) is 32.5 Å². The Labute approximate surface area is 298 Å². The van der Waals surface area contributed by atoms with Crippen LogP contribution < -0.4 is 0 Å². The zero-order valence-electron chi connectivity index (χ0n) is 32.2. The molecular weight excluding hydrogens is 653 g/mol. The Morgan fingerprint density at radius 1 is 0.653 bits per heavy atom. The molecule has 0 unspecified atom stereocenters. The summed E-state index contributed by atoms with van der Waals surface area (Å²) in [5, 5.41) is 10.3. The minimum atomic E-state index is -2.37. The van der Waals surface area contributed by atoms with Crippen LogP contribution in [0, 0.1) is 0 Å². The molecule has 0 bridgehead atoms. The molecule has 1 N–H and O–H groups in total. The molecule has 4 rings (SSSR count). The Balaban J connectivity index is 1.78. The second-order valence-corrected chi connectivity index (χ2v) is 26.8. The van der Waals surface area contributed by atoms with Crippen molar-refractivity contribution in [1.82, 2.24) is 0 Å². The number of benzene rings is 2. The van der Waals surface area contributed by atoms with E-state index in [0.29, 0.717) is 26.2 Å². The topological polar surface area (TPSA) is 84.8 Å². The summed E-state index contributed by atoms with van der Waals surface area (Å²) in [5.74, 6) is -0.822. The minimum Gasteiger partial charge on any atom is -0.414 e. The lowest BCUT2D eigenvalue weighted by Gasteiger charge is -2.51. The monoisotopic (exact) mass is 716 g/mol. The van der Waals surface area contributed by atoms with Gasteiger partial charge in [0, 0.05) is 6.42 Å². The van der Waals surface area contributed by atoms with Crippen molar-refractivity contribution in [2.24, 2.45) is 0 Å². The first kappa shape index (κ1) is 40.3. The summed E-state index contributed by atoms with van der Waals surface area (Å²) in [6.07, 6.45) is -2.72. The summed E-state index contributed by atoms with van der Waals surface area (Å²) < 4.78 is 47.7. The van der Waals surface area contributed by atoms with Crippen LogP contribution in [0.25, 0.3) is 0 Å². The van der Waals surface area contributed by atoms with Gasteiger partial charge in [-0.05, 0) is 61.2 Å². The number of aliphatic hydroxyl groups excluding tert-OH is 1. The summed E-state index contributed by atoms with van der Waals surface area (Å²) in [6, 6.07) is 20.4. The highest BCUT2D eigenvalue weighted by molar-refractivity contribution is 6.74. The zero-order valence-corrected chi connectivity index (χ0v) is 34.2. The largest absolute Gasteiger partial charge is 0.414 e. The molecule has 0 spiro atoms. The lowest BCUT2D eigenvalue weighted by Crippen LogP contribution is -2.65. The van der Waals surface area contributed by atoms with E-state index >= 15 is 0 Å². The van der Waals surface area contributed by atoms with Crippen LogP contribution >= 0.6 is 0 Å². The fraction of sp³-hybridized carbons (Fsp3) is 0.692. The Morgan fingerprint density at radius 2 is 1.14 bits per heavy atom. The zero-order chi connectivity index (χ0) is 36.3. The Morgan fingerprint density at radius 3 is 1.63 bits per heavy atom. The molecule has 2 aliphatic rings. The molecule has 49 heavy (non-hydrogen) atoms. The van der Waals surface area contributed by atoms with Crippen molar-refractivity contribution >= 4 is 16.6 Å². The van der Waals surface area contributed by atoms with Crippen molar-refractivity contribution in [3.05, 3.63) is 71.8 Å². The van der Waals surface area contributed by atoms with Crippen molar-refractivity contribution < 1.29 is 37.6 Å². The molecule has 0 aromatic heterocycles. The highest BCUT2D eigenvalue weighted by atomic mass is 28.4. The third-order valence-corrected chi connectivity index (χ3v) is 19.9. The van der Waals surface area contributed by atoms with Crippen LogP contribution in [0.3, 0.4) is 0 Å². The van der Waals surface area contributed by atoms with Crippen LogP contribution in [-0.4, -0.2) is 83.5 Å². The molecule has 2 fully saturated rings. The maximum absolute atomic E-state index is 10.3. The van der Waals surface area contributed by atoms with E-state index in [-0.39, 0.29) is 16.7 Å². The molecule has 2 heterocycles. The van der Waals surface area contributed by atoms with Crippen molar-refractivity contribution in [3.8, 4) is 0 Å². The summed E-state index contributed by atoms with van der Waals surface area (Å²) in [7, 11) is -4.52. The van der Waals surface area contributed by atoms with Crippen molar-refractivity contribution in [2.75, 3.05) is 13.2 Å². The van der Waals surface area contributed by atoms with E-state index in [2.05, 4.69) is 92.0 Å². The van der Waals surface area contributed by atoms with Gasteiger partial charge in [0.2, 0.25) is 0 Å². The normalized spacial score (nSPS) is 28.1. The molecule has 7 atom stereocenters. The Bertz CT molecular complexity index is 1290. The molecule has 2 aliphatic heterocycles. The van der Waals surface area contributed by atoms with E-state index in [0.717, 1.165) is 11.1 Å². The predicted octanol–water partition coefficient (Wildman–Crippen LogP) is 8.24. The summed E-state index contributed by atoms with van der Waals surface area (Å²) in [4.78, 5) is 0. The van der Waals surface area contributed by atoms with Crippen LogP contribution in [-0.2, 0) is 45.8 Å². The fourth-order valence-electron chi connectivity index (χ4n) is 5.90. The van der Waals surface area contributed by atoms with Crippen molar-refractivity contribution in [3.63, 3.8) is 0 Å². The molecule has 10 heteroatoms. The molecule has 2 aromatic carbocycles. The minimum absolute atomic E-state index is 0.0214. The van der Waals surface area contributed by atoms with Crippen LogP contribution in [0.5, 0.6) is 0 Å². The third kappa shape index (κ3) is 10.6. The highest BCUT2D eigenvalue weighted by Gasteiger charge is 2.54. The maximum Gasteiger partial charge on any atom is 0.192 e. The van der Waals surface area contributed by atoms with Gasteiger partial charge in [-0.2, -0.15) is 0 Å². The number of hydrogen-bond acceptors (Lipinski definition) is 8. The van der Waals surface area contributed by atoms with Gasteiger partial charge in [0.1, 0.15) is 30.5 Å². The van der Waals surface area contributed by atoms with Gasteiger partial charge in [-0.25, -0.2) is 0 Å². The van der Waals surface area contributed by atoms with Gasteiger partial charge < -0.3 is 37.6 Å². The predicted molar refractivity (Wildman–Crippen MR) is 199 cm³/mol. The van der Waals surface area contributed by atoms with E-state index in [1.165, 1.54) is 0 Å². The second-order valence-electron chi connectivity index (χ2n) is 17.3. The van der Waals surface area contributed by atoms with Crippen molar-refractivity contribution in [1.29, 1.82) is 0 Å². The van der Waals surface area contributed by atoms with E-state index in [9.17, 15) is 5.11 Å². The number of rotatable bonds is 14. The van der Waals surface area contributed by atoms with Gasteiger partial charge in [0.25, 0.3) is 0 Å². The van der Waals surface area contributed by atoms with Crippen LogP contribution in [0.4, 0.5) is 0 Å². The van der Waals surface area contributed by atoms with Gasteiger partial charge >= 0.3 is 0 Å². The maximum atomic E-state index is 10.3. The third-order valence-electron chi connectivity index (χ3n) is 10.9. The quantitative estimate of drug-likeness (QED) is 0.196. The van der Waals surface area contributed by atoms with Gasteiger partial charge in [0.05, 0.1) is 38.6 Å². The SMILES string of the molecule is CC1(C)O[C@@H](CO)[C@H](C[C@H]2O[C@H](CO[Si](C)(C)C(C)(C)C)[C@@H](OCc3ccccc3)[C@H](OCc3ccccc3)[C@H]2O[Si](C)(C)C(C)(C)C)O1. The average molecular weight is 717 g/mol. The number of ether oxygens (including phenoxy) is 5. The lowest BCUT2D eigenvalue weighted by atomic mass is 9.90. The number of aliphatic hydroxyl groups is 1. The van der Waals surface area contributed by atoms with E-state index < -0.39 is 65.1 Å². The molecule has 0 aliphatic carbocycles. The highest BCUT2D eigenvalue weighted by Crippen LogP contribution is 2.43. The van der Waals surface area contributed by atoms with Gasteiger partial charge in [-0.15, -0.1) is 0 Å². The average Bonchev–Trinajstić information content (AvgIpc) is 3.32. The molecule has 0 saturated carbocycles. The first-order valence-corrected chi connectivity index (χ1v) is 23.8. The fourth-order valence-corrected chi connectivity index (χ4v) is 8.23. The molecule has 2 aromatic rings. The van der Waals surface area contributed by atoms with E-state index in [1.807, 2.05) is 50.2 Å². The Kier molecular flexibility index (Phi) is 13.2. The van der Waals surface area contributed by atoms with Crippen LogP contribution in [0.1, 0.15) is 72.9 Å². The van der Waals surface area contributed by atoms with Gasteiger partial charge in [-0.3, -0.25) is 0 Å². The Hall–Kier alpha value is -1.45. The second kappa shape index (κ2) is 16.1. The van der Waals surface area contributed by atoms with Gasteiger partial charge in [-0.1, -0.05) is 102 Å². The molecule has 2 saturated heterocycles. The lowest BCUT2D eigenvalue weighted by molar-refractivity contribution is -0.259. The molecular formula is C39H64O8Si2. The van der Waals surface area contributed by atoms with E-state index in [1.54, 1.807) is 0 Å². The van der Waals surface area contributed by atoms with Crippen LogP contribution in [0.2, 0.25) is 36.3 Å². The first-order chi connectivity index (χ1) is 22.7. The summed E-state index contributed by atoms with van der Waals surface area (Å²) in [5.41, 5.74) is 2.14. The molecule has 8 nitrogen and oxygen atoms in total. The van der Waals surface area contributed by atoms with Gasteiger partial charge in [0.15, 0.2) is 22.4 Å². The van der Waals surface area contributed by atoms with Crippen LogP contribution in [0.15, 0.2) is 60.7 Å². The summed E-state index contributed by atoms with van der Waals surface area (Å²) >= 11 is 0. The summed E-state index contributed by atoms with van der Waals surface area (Å²) in [6.45, 7) is 27.3. The molecule has 0 amide bonds. The standard InChI is InChI=1S/C39H64O8Si2/c1-37(2,3)48(9,10)43-27-33-34(41-25-28-19-15-13-16-20-28)36(42-26-29-21-17-14-18-22-29)35(47-49(11,12)38(4,5)6)31(44-33)23-30-32(24-40)46-39(7,8)45-30/h13-22,30-36,40H,23-27H2,1-12H3/t30-,31+,32-,33+,34+,35-,36-/m0/s1. The smallest absolute Gasteiger partial charge is 0.192 e. The molecule has 276 valence electrons. The van der Waals surface area contributed by atoms with Crippen molar-refractivity contribution in [2.45, 2.75) is 160 Å². The number of hydrogen-bond donors (Lipinski definition) is 1. The first-order valence-electron chi connectivity index (χ1n) is 18.0. The molecule has 0 radical (unpaired) electrons.